The van der Waals surface area contributed by atoms with Crippen LogP contribution in [0.15, 0.2) is 52.3 Å². The van der Waals surface area contributed by atoms with Crippen LogP contribution in [-0.4, -0.2) is 15.0 Å². The second-order valence-corrected chi connectivity index (χ2v) is 6.86. The van der Waals surface area contributed by atoms with Gasteiger partial charge in [-0.1, -0.05) is 12.1 Å². The van der Waals surface area contributed by atoms with Crippen LogP contribution < -0.4 is 10.5 Å². The molecule has 0 bridgehead atoms. The summed E-state index contributed by atoms with van der Waals surface area (Å²) in [6.45, 7) is 0.161. The Kier molecular flexibility index (Phi) is 3.72. The highest BCUT2D eigenvalue weighted by Gasteiger charge is 2.31. The molecule has 2 aromatic carbocycles. The summed E-state index contributed by atoms with van der Waals surface area (Å²) in [5, 5.41) is 0. The van der Waals surface area contributed by atoms with Crippen molar-refractivity contribution in [2.24, 2.45) is 5.73 Å². The normalized spacial score (nSPS) is 15.3. The lowest BCUT2D eigenvalue weighted by Gasteiger charge is -2.07. The van der Waals surface area contributed by atoms with Gasteiger partial charge in [0.15, 0.2) is 0 Å². The number of ether oxygens (including phenoxy) is 1. The average molecular weight is 319 g/mol. The second-order valence-electron chi connectivity index (χ2n) is 4.89. The zero-order valence-electron chi connectivity index (χ0n) is 11.6. The van der Waals surface area contributed by atoms with Crippen LogP contribution in [0.3, 0.4) is 0 Å². The van der Waals surface area contributed by atoms with Gasteiger partial charge >= 0.3 is 0 Å². The van der Waals surface area contributed by atoms with Gasteiger partial charge in [-0.05, 0) is 47.5 Å². The van der Waals surface area contributed by atoms with Crippen LogP contribution in [0.25, 0.3) is 6.08 Å². The molecule has 1 heterocycles. The van der Waals surface area contributed by atoms with Crippen molar-refractivity contribution in [3.63, 3.8) is 0 Å². The third kappa shape index (κ3) is 2.51. The monoisotopic (exact) mass is 319 g/mol. The molecule has 3 rings (SSSR count). The molecule has 0 aromatic heterocycles. The Morgan fingerprint density at radius 1 is 1.09 bits per heavy atom. The average Bonchev–Trinajstić information content (AvgIpc) is 2.78. The highest BCUT2D eigenvalue weighted by Crippen LogP contribution is 2.35. The number of sulfone groups is 1. The fourth-order valence-electron chi connectivity index (χ4n) is 2.35. The summed E-state index contributed by atoms with van der Waals surface area (Å²) in [6.07, 6.45) is 1.59. The molecule has 2 aromatic rings. The molecule has 0 atom stereocenters. The summed E-state index contributed by atoms with van der Waals surface area (Å²) in [5.41, 5.74) is 7.05. The van der Waals surface area contributed by atoms with E-state index < -0.39 is 9.84 Å². The molecule has 1 aliphatic heterocycles. The molecule has 0 amide bonds. The third-order valence-corrected chi connectivity index (χ3v) is 5.37. The molecule has 0 fully saturated rings. The van der Waals surface area contributed by atoms with Crippen molar-refractivity contribution in [1.82, 2.24) is 0 Å². The zero-order valence-corrected chi connectivity index (χ0v) is 12.4. The minimum atomic E-state index is -3.55. The summed E-state index contributed by atoms with van der Waals surface area (Å²) in [5.74, 6) is 0.0348. The van der Waals surface area contributed by atoms with Gasteiger partial charge in [-0.15, -0.1) is 0 Å². The summed E-state index contributed by atoms with van der Waals surface area (Å²) < 4.78 is 43.2. The highest BCUT2D eigenvalue weighted by atomic mass is 32.2. The number of fused-ring (bicyclic) bond motifs is 1. The Balaban J connectivity index is 1.87. The van der Waals surface area contributed by atoms with Gasteiger partial charge in [-0.2, -0.15) is 0 Å². The first-order valence-corrected chi connectivity index (χ1v) is 8.16. The first-order valence-electron chi connectivity index (χ1n) is 6.68. The van der Waals surface area contributed by atoms with Gasteiger partial charge in [0.05, 0.1) is 9.80 Å². The molecular formula is C16H14FNO3S. The summed E-state index contributed by atoms with van der Waals surface area (Å²) in [4.78, 5) is 0.431. The van der Waals surface area contributed by atoms with Crippen molar-refractivity contribution >= 4 is 15.9 Å². The van der Waals surface area contributed by atoms with E-state index in [4.69, 9.17) is 10.5 Å². The van der Waals surface area contributed by atoms with Crippen LogP contribution >= 0.6 is 0 Å². The van der Waals surface area contributed by atoms with E-state index in [0.717, 1.165) is 5.56 Å². The molecule has 0 spiro atoms. The van der Waals surface area contributed by atoms with Crippen molar-refractivity contribution in [2.75, 3.05) is 6.61 Å². The van der Waals surface area contributed by atoms with Gasteiger partial charge in [0, 0.05) is 6.54 Å². The third-order valence-electron chi connectivity index (χ3n) is 3.51. The number of benzene rings is 2. The van der Waals surface area contributed by atoms with Crippen LogP contribution in [0.5, 0.6) is 5.75 Å². The van der Waals surface area contributed by atoms with Crippen LogP contribution in [0.1, 0.15) is 11.1 Å². The Labute approximate surface area is 127 Å². The standard InChI is InChI=1S/C16H14FNO3S/c17-12-4-6-13(7-5-12)21-10-14-8-15-11(9-18)2-1-3-16(15)22(14,19)20/h1-8H,9-10,18H2. The fraction of sp³-hybridized carbons (Fsp3) is 0.125. The second kappa shape index (κ2) is 5.55. The number of halogens is 1. The van der Waals surface area contributed by atoms with Gasteiger partial charge in [-0.3, -0.25) is 0 Å². The van der Waals surface area contributed by atoms with Gasteiger partial charge in [0.2, 0.25) is 9.84 Å². The van der Waals surface area contributed by atoms with Crippen molar-refractivity contribution in [3.8, 4) is 5.75 Å². The Hall–Kier alpha value is -2.18. The molecule has 2 N–H and O–H groups in total. The smallest absolute Gasteiger partial charge is 0.206 e. The maximum absolute atomic E-state index is 12.8. The Morgan fingerprint density at radius 2 is 1.82 bits per heavy atom. The molecule has 0 unspecified atom stereocenters. The molecule has 6 heteroatoms. The van der Waals surface area contributed by atoms with Crippen LogP contribution in [-0.2, 0) is 16.4 Å². The predicted molar refractivity (Wildman–Crippen MR) is 81.4 cm³/mol. The summed E-state index contributed by atoms with van der Waals surface area (Å²) in [7, 11) is -3.55. The molecule has 0 aliphatic carbocycles. The topological polar surface area (TPSA) is 69.4 Å². The number of hydrogen-bond donors (Lipinski definition) is 1. The summed E-state index contributed by atoms with van der Waals surface area (Å²) >= 11 is 0. The fourth-order valence-corrected chi connectivity index (χ4v) is 3.86. The molecule has 0 radical (unpaired) electrons. The Morgan fingerprint density at radius 3 is 2.50 bits per heavy atom. The molecular weight excluding hydrogens is 305 g/mol. The van der Waals surface area contributed by atoms with E-state index in [2.05, 4.69) is 0 Å². The lowest BCUT2D eigenvalue weighted by Crippen LogP contribution is -2.09. The van der Waals surface area contributed by atoms with E-state index in [0.29, 0.717) is 11.3 Å². The highest BCUT2D eigenvalue weighted by molar-refractivity contribution is 7.95. The minimum absolute atomic E-state index is 0.105. The van der Waals surface area contributed by atoms with Crippen LogP contribution in [0, 0.1) is 5.82 Å². The molecule has 0 saturated heterocycles. The van der Waals surface area contributed by atoms with E-state index in [9.17, 15) is 12.8 Å². The number of nitrogens with two attached hydrogens (primary N) is 1. The maximum atomic E-state index is 12.8. The van der Waals surface area contributed by atoms with E-state index in [-0.39, 0.29) is 28.8 Å². The minimum Gasteiger partial charge on any atom is -0.488 e. The van der Waals surface area contributed by atoms with E-state index in [1.54, 1.807) is 24.3 Å². The molecule has 114 valence electrons. The molecule has 4 nitrogen and oxygen atoms in total. The van der Waals surface area contributed by atoms with E-state index in [1.165, 1.54) is 24.3 Å². The lowest BCUT2D eigenvalue weighted by molar-refractivity contribution is 0.358. The SMILES string of the molecule is NCc1cccc2c1C=C(COc1ccc(F)cc1)S2(=O)=O. The van der Waals surface area contributed by atoms with Crippen molar-refractivity contribution < 1.29 is 17.5 Å². The predicted octanol–water partition coefficient (Wildman–Crippen LogP) is 2.49. The lowest BCUT2D eigenvalue weighted by atomic mass is 10.1. The van der Waals surface area contributed by atoms with Gasteiger partial charge < -0.3 is 10.5 Å². The van der Waals surface area contributed by atoms with Crippen molar-refractivity contribution in [2.45, 2.75) is 11.4 Å². The van der Waals surface area contributed by atoms with E-state index in [1.807, 2.05) is 0 Å². The number of hydrogen-bond acceptors (Lipinski definition) is 4. The maximum Gasteiger partial charge on any atom is 0.206 e. The van der Waals surface area contributed by atoms with Crippen molar-refractivity contribution in [3.05, 3.63) is 64.3 Å². The largest absolute Gasteiger partial charge is 0.488 e. The zero-order chi connectivity index (χ0) is 15.7. The van der Waals surface area contributed by atoms with Gasteiger partial charge in [0.25, 0.3) is 0 Å². The quantitative estimate of drug-likeness (QED) is 0.940. The van der Waals surface area contributed by atoms with Crippen molar-refractivity contribution in [1.29, 1.82) is 0 Å². The summed E-state index contributed by atoms with van der Waals surface area (Å²) in [6, 6.07) is 10.5. The number of rotatable bonds is 4. The van der Waals surface area contributed by atoms with Gasteiger partial charge in [0.1, 0.15) is 18.2 Å². The first-order chi connectivity index (χ1) is 10.5. The van der Waals surface area contributed by atoms with Crippen LogP contribution in [0.4, 0.5) is 4.39 Å². The van der Waals surface area contributed by atoms with E-state index >= 15 is 0 Å². The van der Waals surface area contributed by atoms with Gasteiger partial charge in [-0.25, -0.2) is 12.8 Å². The molecule has 1 aliphatic rings. The Bertz CT molecular complexity index is 842. The van der Waals surface area contributed by atoms with Crippen LogP contribution in [0.2, 0.25) is 0 Å². The molecule has 0 saturated carbocycles. The molecule has 22 heavy (non-hydrogen) atoms. The first kappa shape index (κ1) is 14.7.